The van der Waals surface area contributed by atoms with Gasteiger partial charge in [0.05, 0.1) is 6.54 Å². The largest absolute Gasteiger partial charge is 0.459 e. The first kappa shape index (κ1) is 18.1. The molecule has 1 saturated heterocycles. The zero-order chi connectivity index (χ0) is 17.7. The van der Waals surface area contributed by atoms with Gasteiger partial charge in [-0.15, -0.1) is 0 Å². The molecule has 0 bridgehead atoms. The van der Waals surface area contributed by atoms with Gasteiger partial charge < -0.3 is 19.8 Å². The van der Waals surface area contributed by atoms with Crippen molar-refractivity contribution >= 4 is 28.7 Å². The molecule has 1 fully saturated rings. The van der Waals surface area contributed by atoms with E-state index in [0.717, 1.165) is 49.9 Å². The summed E-state index contributed by atoms with van der Waals surface area (Å²) in [5.74, 6) is 1.76. The molecule has 2 heterocycles. The Morgan fingerprint density at radius 3 is 2.68 bits per heavy atom. The Bertz CT molecular complexity index is 735. The van der Waals surface area contributed by atoms with Crippen LogP contribution in [0.5, 0.6) is 0 Å². The Morgan fingerprint density at radius 1 is 1.24 bits per heavy atom. The van der Waals surface area contributed by atoms with E-state index in [1.54, 1.807) is 7.05 Å². The quantitative estimate of drug-likeness (QED) is 0.632. The molecule has 1 aromatic heterocycles. The van der Waals surface area contributed by atoms with Gasteiger partial charge in [0, 0.05) is 42.5 Å². The van der Waals surface area contributed by atoms with Gasteiger partial charge in [0.25, 0.3) is 0 Å². The smallest absolute Gasteiger partial charge is 0.191 e. The van der Waals surface area contributed by atoms with Gasteiger partial charge >= 0.3 is 0 Å². The fraction of sp³-hybridized carbons (Fsp3) is 0.526. The fourth-order valence-corrected chi connectivity index (χ4v) is 4.01. The lowest BCUT2D eigenvalue weighted by Gasteiger charge is -2.36. The monoisotopic (exact) mass is 361 g/mol. The molecule has 0 amide bonds. The van der Waals surface area contributed by atoms with Gasteiger partial charge in [-0.1, -0.05) is 18.2 Å². The number of benzene rings is 1. The van der Waals surface area contributed by atoms with Crippen LogP contribution in [0.4, 0.5) is 0 Å². The molecular formula is C19H27N3O2S. The Labute approximate surface area is 153 Å². The molecule has 0 unspecified atom stereocenters. The molecule has 2 N–H and O–H groups in total. The number of fused-ring (bicyclic) bond motifs is 1. The van der Waals surface area contributed by atoms with Crippen LogP contribution in [-0.4, -0.2) is 43.8 Å². The Balaban J connectivity index is 1.59. The predicted molar refractivity (Wildman–Crippen MR) is 105 cm³/mol. The van der Waals surface area contributed by atoms with Gasteiger partial charge in [-0.2, -0.15) is 11.8 Å². The van der Waals surface area contributed by atoms with Crippen LogP contribution in [0, 0.1) is 6.92 Å². The number of nitrogens with zero attached hydrogens (tertiary/aromatic N) is 1. The summed E-state index contributed by atoms with van der Waals surface area (Å²) < 4.78 is 11.7. The first-order chi connectivity index (χ1) is 12.2. The molecule has 136 valence electrons. The maximum Gasteiger partial charge on any atom is 0.191 e. The maximum atomic E-state index is 5.96. The van der Waals surface area contributed by atoms with Gasteiger partial charge in [-0.25, -0.2) is 0 Å². The van der Waals surface area contributed by atoms with Crippen LogP contribution >= 0.6 is 11.8 Å². The summed E-state index contributed by atoms with van der Waals surface area (Å²) >= 11 is 1.92. The maximum absolute atomic E-state index is 5.96. The predicted octanol–water partition coefficient (Wildman–Crippen LogP) is 3.32. The highest BCUT2D eigenvalue weighted by molar-refractivity contribution is 8.00. The average molecular weight is 362 g/mol. The van der Waals surface area contributed by atoms with Gasteiger partial charge in [0.1, 0.15) is 11.3 Å². The molecule has 1 aliphatic rings. The van der Waals surface area contributed by atoms with Crippen LogP contribution in [0.25, 0.3) is 11.0 Å². The van der Waals surface area contributed by atoms with Gasteiger partial charge in [0.15, 0.2) is 5.96 Å². The van der Waals surface area contributed by atoms with Crippen molar-refractivity contribution in [2.75, 3.05) is 33.1 Å². The number of nitrogens with one attached hydrogen (secondary N) is 2. The summed E-state index contributed by atoms with van der Waals surface area (Å²) in [7, 11) is 1.80. The third-order valence-electron chi connectivity index (χ3n) is 5.00. The van der Waals surface area contributed by atoms with Crippen molar-refractivity contribution in [3.63, 3.8) is 0 Å². The number of ether oxygens (including phenoxy) is 1. The zero-order valence-electron chi connectivity index (χ0n) is 15.2. The van der Waals surface area contributed by atoms with Crippen molar-refractivity contribution in [3.8, 4) is 0 Å². The van der Waals surface area contributed by atoms with Crippen LogP contribution < -0.4 is 10.6 Å². The Hall–Kier alpha value is -1.66. The van der Waals surface area contributed by atoms with Crippen LogP contribution in [0.15, 0.2) is 33.7 Å². The van der Waals surface area contributed by atoms with Gasteiger partial charge in [0.2, 0.25) is 0 Å². The van der Waals surface area contributed by atoms with Gasteiger partial charge in [-0.05, 0) is 32.1 Å². The van der Waals surface area contributed by atoms with Crippen molar-refractivity contribution in [1.29, 1.82) is 0 Å². The van der Waals surface area contributed by atoms with Crippen molar-refractivity contribution in [3.05, 3.63) is 35.6 Å². The number of para-hydroxylation sites is 1. The molecule has 0 saturated carbocycles. The highest BCUT2D eigenvalue weighted by atomic mass is 32.2. The highest BCUT2D eigenvalue weighted by Gasteiger charge is 2.31. The number of thioether (sulfide) groups is 1. The third kappa shape index (κ3) is 4.12. The number of guanidine groups is 1. The number of furan rings is 1. The topological polar surface area (TPSA) is 58.8 Å². The van der Waals surface area contributed by atoms with E-state index in [-0.39, 0.29) is 4.75 Å². The lowest BCUT2D eigenvalue weighted by molar-refractivity contribution is 0.0783. The van der Waals surface area contributed by atoms with E-state index in [0.29, 0.717) is 6.54 Å². The zero-order valence-corrected chi connectivity index (χ0v) is 16.0. The van der Waals surface area contributed by atoms with E-state index in [4.69, 9.17) is 9.15 Å². The number of hydrogen-bond donors (Lipinski definition) is 2. The number of aryl methyl sites for hydroxylation is 1. The highest BCUT2D eigenvalue weighted by Crippen LogP contribution is 2.33. The minimum atomic E-state index is 0.227. The lowest BCUT2D eigenvalue weighted by atomic mass is 9.99. The van der Waals surface area contributed by atoms with E-state index in [1.807, 2.05) is 30.0 Å². The molecule has 25 heavy (non-hydrogen) atoms. The van der Waals surface area contributed by atoms with Crippen LogP contribution in [0.1, 0.15) is 24.2 Å². The van der Waals surface area contributed by atoms with E-state index in [9.17, 15) is 0 Å². The molecule has 6 heteroatoms. The summed E-state index contributed by atoms with van der Waals surface area (Å²) in [6, 6.07) is 8.14. The lowest BCUT2D eigenvalue weighted by Crippen LogP contribution is -2.47. The molecule has 1 aromatic carbocycles. The van der Waals surface area contributed by atoms with E-state index in [1.165, 1.54) is 10.9 Å². The third-order valence-corrected chi connectivity index (χ3v) is 6.42. The summed E-state index contributed by atoms with van der Waals surface area (Å²) in [6.07, 6.45) is 4.32. The molecule has 3 rings (SSSR count). The van der Waals surface area contributed by atoms with E-state index >= 15 is 0 Å². The Kier molecular flexibility index (Phi) is 5.91. The second-order valence-electron chi connectivity index (χ2n) is 6.43. The minimum Gasteiger partial charge on any atom is -0.459 e. The van der Waals surface area contributed by atoms with E-state index in [2.05, 4.69) is 34.9 Å². The summed E-state index contributed by atoms with van der Waals surface area (Å²) in [5, 5.41) is 8.02. The van der Waals surface area contributed by atoms with Crippen molar-refractivity contribution in [2.45, 2.75) is 31.1 Å². The second kappa shape index (κ2) is 8.15. The molecule has 0 radical (unpaired) electrons. The first-order valence-electron chi connectivity index (χ1n) is 8.72. The Morgan fingerprint density at radius 2 is 2.00 bits per heavy atom. The van der Waals surface area contributed by atoms with E-state index < -0.39 is 0 Å². The van der Waals surface area contributed by atoms with Gasteiger partial charge in [-0.3, -0.25) is 4.99 Å². The van der Waals surface area contributed by atoms with Crippen molar-refractivity contribution in [1.82, 2.24) is 10.6 Å². The summed E-state index contributed by atoms with van der Waals surface area (Å²) in [5.41, 5.74) is 2.12. The van der Waals surface area contributed by atoms with Crippen LogP contribution in [-0.2, 0) is 11.3 Å². The second-order valence-corrected chi connectivity index (χ2v) is 7.70. The van der Waals surface area contributed by atoms with Crippen LogP contribution in [0.3, 0.4) is 0 Å². The molecule has 0 aliphatic carbocycles. The molecule has 0 spiro atoms. The van der Waals surface area contributed by atoms with Crippen molar-refractivity contribution < 1.29 is 9.15 Å². The molecule has 5 nitrogen and oxygen atoms in total. The molecule has 1 aliphatic heterocycles. The molecule has 2 aromatic rings. The number of hydrogen-bond acceptors (Lipinski definition) is 4. The normalized spacial score (nSPS) is 17.6. The summed E-state index contributed by atoms with van der Waals surface area (Å²) in [6.45, 7) is 5.29. The summed E-state index contributed by atoms with van der Waals surface area (Å²) in [4.78, 5) is 4.35. The standard InChI is InChI=1S/C19H27N3O2S/c1-14-15-6-4-5-7-16(15)24-17(14)12-21-18(20-2)22-13-19(25-3)8-10-23-11-9-19/h4-7H,8-13H2,1-3H3,(H2,20,21,22). The first-order valence-corrected chi connectivity index (χ1v) is 9.94. The SMILES string of the molecule is CN=C(NCc1oc2ccccc2c1C)NCC1(SC)CCOCC1. The average Bonchev–Trinajstić information content (AvgIpc) is 2.99. The van der Waals surface area contributed by atoms with Crippen molar-refractivity contribution in [2.24, 2.45) is 4.99 Å². The van der Waals surface area contributed by atoms with Crippen LogP contribution in [0.2, 0.25) is 0 Å². The number of aliphatic imine (C=N–C) groups is 1. The minimum absolute atomic E-state index is 0.227. The molecule has 0 atom stereocenters. The fourth-order valence-electron chi connectivity index (χ4n) is 3.22. The number of rotatable bonds is 5. The molecular weight excluding hydrogens is 334 g/mol.